The Hall–Kier alpha value is -1.31. The summed E-state index contributed by atoms with van der Waals surface area (Å²) in [7, 11) is 0. The van der Waals surface area contributed by atoms with Gasteiger partial charge in [-0.1, -0.05) is 31.4 Å². The number of carbonyl (C=O) groups is 1. The minimum absolute atomic E-state index is 0.212. The summed E-state index contributed by atoms with van der Waals surface area (Å²) in [5, 5.41) is 0. The fourth-order valence-electron chi connectivity index (χ4n) is 1.02. The zero-order chi connectivity index (χ0) is 9.03. The first kappa shape index (κ1) is 8.78. The van der Waals surface area contributed by atoms with Crippen molar-refractivity contribution in [1.29, 1.82) is 0 Å². The molecule has 0 saturated heterocycles. The van der Waals surface area contributed by atoms with Crippen LogP contribution in [0.2, 0.25) is 0 Å². The Balaban J connectivity index is 2.59. The molecule has 12 heavy (non-hydrogen) atoms. The molecule has 0 spiro atoms. The van der Waals surface area contributed by atoms with Crippen molar-refractivity contribution in [3.05, 3.63) is 37.6 Å². The third kappa shape index (κ3) is 1.64. The van der Waals surface area contributed by atoms with Crippen molar-refractivity contribution in [2.75, 3.05) is 0 Å². The maximum atomic E-state index is 11.3. The Morgan fingerprint density at radius 1 is 1.42 bits per heavy atom. The summed E-state index contributed by atoms with van der Waals surface area (Å²) in [6.45, 7) is 6.87. The van der Waals surface area contributed by atoms with Crippen molar-refractivity contribution in [1.82, 2.24) is 0 Å². The highest BCUT2D eigenvalue weighted by atomic mass is 16.5. The van der Waals surface area contributed by atoms with Crippen LogP contribution in [0, 0.1) is 5.41 Å². The highest BCUT2D eigenvalue weighted by Gasteiger charge is 2.48. The molecule has 0 N–H and O–H groups in total. The van der Waals surface area contributed by atoms with Gasteiger partial charge in [0.25, 0.3) is 0 Å². The van der Waals surface area contributed by atoms with Crippen LogP contribution in [0.15, 0.2) is 37.6 Å². The lowest BCUT2D eigenvalue weighted by Gasteiger charge is -2.05. The van der Waals surface area contributed by atoms with Gasteiger partial charge >= 0.3 is 5.97 Å². The van der Waals surface area contributed by atoms with E-state index in [0.717, 1.165) is 12.8 Å². The smallest absolute Gasteiger partial charge is 0.320 e. The first-order chi connectivity index (χ1) is 5.75. The number of hydrogen-bond donors (Lipinski definition) is 0. The summed E-state index contributed by atoms with van der Waals surface area (Å²) in [4.78, 5) is 11.3. The van der Waals surface area contributed by atoms with E-state index < -0.39 is 0 Å². The summed E-state index contributed by atoms with van der Waals surface area (Å²) in [5.74, 6) is -0.212. The van der Waals surface area contributed by atoms with Gasteiger partial charge in [-0.3, -0.25) is 4.79 Å². The second-order valence-corrected chi connectivity index (χ2v) is 2.82. The Morgan fingerprint density at radius 3 is 2.50 bits per heavy atom. The summed E-state index contributed by atoms with van der Waals surface area (Å²) < 4.78 is 4.71. The highest BCUT2D eigenvalue weighted by Crippen LogP contribution is 2.48. The van der Waals surface area contributed by atoms with Gasteiger partial charge in [0.15, 0.2) is 0 Å². The molecule has 0 aromatic carbocycles. The van der Waals surface area contributed by atoms with E-state index in [1.807, 2.05) is 6.08 Å². The molecule has 2 heteroatoms. The van der Waals surface area contributed by atoms with Crippen molar-refractivity contribution in [2.24, 2.45) is 5.41 Å². The van der Waals surface area contributed by atoms with E-state index in [1.165, 1.54) is 6.26 Å². The molecule has 0 heterocycles. The van der Waals surface area contributed by atoms with Crippen molar-refractivity contribution < 1.29 is 9.53 Å². The van der Waals surface area contributed by atoms with Gasteiger partial charge in [-0.15, -0.1) is 0 Å². The Labute approximate surface area is 72.2 Å². The van der Waals surface area contributed by atoms with Crippen LogP contribution in [0.25, 0.3) is 0 Å². The van der Waals surface area contributed by atoms with Crippen LogP contribution in [-0.2, 0) is 9.53 Å². The lowest BCUT2D eigenvalue weighted by Crippen LogP contribution is -2.13. The molecule has 1 aliphatic rings. The number of carbonyl (C=O) groups excluding carboxylic acids is 1. The first-order valence-electron chi connectivity index (χ1n) is 3.87. The van der Waals surface area contributed by atoms with Crippen LogP contribution in [0.4, 0.5) is 0 Å². The second-order valence-electron chi connectivity index (χ2n) is 2.82. The van der Waals surface area contributed by atoms with Gasteiger partial charge in [-0.2, -0.15) is 0 Å². The fourth-order valence-corrected chi connectivity index (χ4v) is 1.02. The SMILES string of the molecule is C=CC=CC1(C(=O)OC=C)CC1. The van der Waals surface area contributed by atoms with Gasteiger partial charge in [-0.05, 0) is 12.8 Å². The largest absolute Gasteiger partial charge is 0.434 e. The average molecular weight is 164 g/mol. The molecular weight excluding hydrogens is 152 g/mol. The van der Waals surface area contributed by atoms with E-state index in [2.05, 4.69) is 13.2 Å². The molecule has 1 aliphatic carbocycles. The monoisotopic (exact) mass is 164 g/mol. The minimum atomic E-state index is -0.373. The van der Waals surface area contributed by atoms with Gasteiger partial charge in [0.2, 0.25) is 0 Å². The second kappa shape index (κ2) is 3.39. The van der Waals surface area contributed by atoms with E-state index in [4.69, 9.17) is 4.74 Å². The van der Waals surface area contributed by atoms with E-state index in [9.17, 15) is 4.79 Å². The number of allylic oxidation sites excluding steroid dienone is 2. The van der Waals surface area contributed by atoms with Crippen molar-refractivity contribution in [2.45, 2.75) is 12.8 Å². The Kier molecular flexibility index (Phi) is 2.48. The Morgan fingerprint density at radius 2 is 2.08 bits per heavy atom. The summed E-state index contributed by atoms with van der Waals surface area (Å²) >= 11 is 0. The maximum absolute atomic E-state index is 11.3. The zero-order valence-electron chi connectivity index (χ0n) is 6.95. The molecular formula is C10H12O2. The fraction of sp³-hybridized carbons (Fsp3) is 0.300. The van der Waals surface area contributed by atoms with Crippen molar-refractivity contribution >= 4 is 5.97 Å². The molecule has 0 unspecified atom stereocenters. The molecule has 1 fully saturated rings. The highest BCUT2D eigenvalue weighted by molar-refractivity contribution is 5.82. The standard InChI is InChI=1S/C10H12O2/c1-3-5-6-10(7-8-10)9(11)12-4-2/h3-6H,1-2,7-8H2. The maximum Gasteiger partial charge on any atom is 0.320 e. The van der Waals surface area contributed by atoms with Crippen LogP contribution in [0.1, 0.15) is 12.8 Å². The molecule has 0 radical (unpaired) electrons. The Bertz CT molecular complexity index is 234. The summed E-state index contributed by atoms with van der Waals surface area (Å²) in [5.41, 5.74) is -0.373. The number of esters is 1. The molecule has 0 bridgehead atoms. The van der Waals surface area contributed by atoms with Crippen LogP contribution in [0.3, 0.4) is 0 Å². The van der Waals surface area contributed by atoms with Crippen molar-refractivity contribution in [3.63, 3.8) is 0 Å². The quantitative estimate of drug-likeness (QED) is 0.361. The third-order valence-corrected chi connectivity index (χ3v) is 1.94. The predicted molar refractivity (Wildman–Crippen MR) is 47.3 cm³/mol. The number of rotatable bonds is 4. The normalized spacial score (nSPS) is 18.7. The lowest BCUT2D eigenvalue weighted by atomic mass is 10.1. The molecule has 0 aromatic heterocycles. The van der Waals surface area contributed by atoms with Crippen molar-refractivity contribution in [3.8, 4) is 0 Å². The predicted octanol–water partition coefficient (Wildman–Crippen LogP) is 2.20. The molecule has 0 aliphatic heterocycles. The van der Waals surface area contributed by atoms with E-state index in [-0.39, 0.29) is 11.4 Å². The molecule has 2 nitrogen and oxygen atoms in total. The molecule has 0 atom stereocenters. The molecule has 0 aromatic rings. The van der Waals surface area contributed by atoms with Crippen LogP contribution in [-0.4, -0.2) is 5.97 Å². The minimum Gasteiger partial charge on any atom is -0.434 e. The van der Waals surface area contributed by atoms with Crippen LogP contribution < -0.4 is 0 Å². The van der Waals surface area contributed by atoms with E-state index >= 15 is 0 Å². The molecule has 1 saturated carbocycles. The van der Waals surface area contributed by atoms with E-state index in [1.54, 1.807) is 12.2 Å². The average Bonchev–Trinajstić information content (AvgIpc) is 2.82. The van der Waals surface area contributed by atoms with Gasteiger partial charge in [0, 0.05) is 0 Å². The van der Waals surface area contributed by atoms with Gasteiger partial charge < -0.3 is 4.74 Å². The van der Waals surface area contributed by atoms with Gasteiger partial charge in [0.05, 0.1) is 11.7 Å². The summed E-state index contributed by atoms with van der Waals surface area (Å²) in [6.07, 6.45) is 8.17. The topological polar surface area (TPSA) is 26.3 Å². The molecule has 0 amide bonds. The third-order valence-electron chi connectivity index (χ3n) is 1.94. The number of hydrogen-bond acceptors (Lipinski definition) is 2. The van der Waals surface area contributed by atoms with Crippen LogP contribution in [0.5, 0.6) is 0 Å². The van der Waals surface area contributed by atoms with Crippen LogP contribution >= 0.6 is 0 Å². The van der Waals surface area contributed by atoms with Gasteiger partial charge in [0.1, 0.15) is 0 Å². The molecule has 64 valence electrons. The zero-order valence-corrected chi connectivity index (χ0v) is 6.95. The molecule has 1 rings (SSSR count). The van der Waals surface area contributed by atoms with E-state index in [0.29, 0.717) is 0 Å². The van der Waals surface area contributed by atoms with Gasteiger partial charge in [-0.25, -0.2) is 0 Å². The first-order valence-corrected chi connectivity index (χ1v) is 3.87. The lowest BCUT2D eigenvalue weighted by molar-refractivity contribution is -0.142. The number of ether oxygens (including phenoxy) is 1. The summed E-state index contributed by atoms with van der Waals surface area (Å²) in [6, 6.07) is 0.